The first-order valence-corrected chi connectivity index (χ1v) is 9.98. The number of carbonyl (C=O) groups excluding carboxylic acids is 2. The van der Waals surface area contributed by atoms with Crippen molar-refractivity contribution in [3.8, 4) is 0 Å². The zero-order valence-corrected chi connectivity index (χ0v) is 15.7. The molecule has 7 nitrogen and oxygen atoms in total. The Morgan fingerprint density at radius 1 is 1.15 bits per heavy atom. The highest BCUT2D eigenvalue weighted by molar-refractivity contribution is 5.83. The van der Waals surface area contributed by atoms with Crippen LogP contribution in [0.4, 0.5) is 5.69 Å². The van der Waals surface area contributed by atoms with Crippen LogP contribution in [-0.2, 0) is 9.59 Å². The molecule has 3 heterocycles. The van der Waals surface area contributed by atoms with Gasteiger partial charge in [-0.25, -0.2) is 0 Å². The fraction of sp³-hybridized carbons (Fsp3) is 0.600. The molecular formula is C20H29N5O2. The van der Waals surface area contributed by atoms with E-state index in [0.29, 0.717) is 13.0 Å². The number of fused-ring (bicyclic) bond motifs is 1. The second-order valence-electron chi connectivity index (χ2n) is 7.85. The summed E-state index contributed by atoms with van der Waals surface area (Å²) in [5.41, 5.74) is 7.27. The number of hydrogen-bond acceptors (Lipinski definition) is 5. The van der Waals surface area contributed by atoms with Gasteiger partial charge in [-0.15, -0.1) is 0 Å². The molecule has 3 N–H and O–H groups in total. The summed E-state index contributed by atoms with van der Waals surface area (Å²) in [4.78, 5) is 31.2. The van der Waals surface area contributed by atoms with Crippen molar-refractivity contribution in [2.45, 2.75) is 37.4 Å². The minimum absolute atomic E-state index is 0.0584. The predicted molar refractivity (Wildman–Crippen MR) is 104 cm³/mol. The van der Waals surface area contributed by atoms with Gasteiger partial charge in [0, 0.05) is 63.5 Å². The van der Waals surface area contributed by atoms with Crippen molar-refractivity contribution in [1.82, 2.24) is 15.1 Å². The summed E-state index contributed by atoms with van der Waals surface area (Å²) in [5.74, 6) is 0.308. The van der Waals surface area contributed by atoms with Crippen molar-refractivity contribution in [3.63, 3.8) is 0 Å². The number of nitrogens with one attached hydrogen (secondary N) is 1. The normalized spacial score (nSPS) is 28.8. The number of amides is 2. The number of nitrogens with two attached hydrogens (primary N) is 1. The van der Waals surface area contributed by atoms with Crippen LogP contribution in [0.1, 0.15) is 19.3 Å². The van der Waals surface area contributed by atoms with Crippen LogP contribution in [-0.4, -0.2) is 79.0 Å². The number of piperazine rings is 2. The number of rotatable bonds is 4. The van der Waals surface area contributed by atoms with Crippen molar-refractivity contribution in [2.75, 3.05) is 44.2 Å². The molecule has 1 aromatic carbocycles. The first-order chi connectivity index (χ1) is 13.1. The minimum Gasteiger partial charge on any atom is -0.368 e. The Bertz CT molecular complexity index is 674. The molecule has 0 spiro atoms. The zero-order valence-electron chi connectivity index (χ0n) is 15.7. The quantitative estimate of drug-likeness (QED) is 0.780. The maximum absolute atomic E-state index is 12.7. The van der Waals surface area contributed by atoms with E-state index in [2.05, 4.69) is 27.2 Å². The highest BCUT2D eigenvalue weighted by atomic mass is 16.2. The summed E-state index contributed by atoms with van der Waals surface area (Å²) in [6.07, 6.45) is 2.03. The van der Waals surface area contributed by atoms with E-state index in [1.54, 1.807) is 0 Å². The third-order valence-corrected chi connectivity index (χ3v) is 6.10. The average molecular weight is 371 g/mol. The van der Waals surface area contributed by atoms with Gasteiger partial charge in [0.25, 0.3) is 0 Å². The molecule has 146 valence electrons. The van der Waals surface area contributed by atoms with Crippen LogP contribution < -0.4 is 16.0 Å². The van der Waals surface area contributed by atoms with Crippen molar-refractivity contribution >= 4 is 17.5 Å². The molecule has 1 aromatic rings. The van der Waals surface area contributed by atoms with Crippen LogP contribution in [0.2, 0.25) is 0 Å². The molecule has 3 fully saturated rings. The molecule has 0 saturated carbocycles. The van der Waals surface area contributed by atoms with E-state index in [9.17, 15) is 9.59 Å². The van der Waals surface area contributed by atoms with E-state index in [-0.39, 0.29) is 29.9 Å². The Balaban J connectivity index is 1.26. The molecule has 0 radical (unpaired) electrons. The Labute approximate surface area is 160 Å². The number of carbonyl (C=O) groups is 2. The molecule has 2 amide bonds. The van der Waals surface area contributed by atoms with Crippen molar-refractivity contribution < 1.29 is 9.59 Å². The second-order valence-corrected chi connectivity index (χ2v) is 7.85. The maximum atomic E-state index is 12.7. The SMILES string of the molecule is N[C@H]1C[C@@H]2C(=O)NC[C@H](CCC(=O)N3CCN(c4ccccc4)CC3)N2C1. The lowest BCUT2D eigenvalue weighted by molar-refractivity contribution is -0.132. The van der Waals surface area contributed by atoms with Crippen LogP contribution in [0.5, 0.6) is 0 Å². The lowest BCUT2D eigenvalue weighted by Gasteiger charge is -2.38. The summed E-state index contributed by atoms with van der Waals surface area (Å²) in [6.45, 7) is 4.67. The summed E-state index contributed by atoms with van der Waals surface area (Å²) >= 11 is 0. The van der Waals surface area contributed by atoms with Crippen molar-refractivity contribution in [3.05, 3.63) is 30.3 Å². The smallest absolute Gasteiger partial charge is 0.237 e. The third kappa shape index (κ3) is 3.94. The van der Waals surface area contributed by atoms with Crippen LogP contribution in [0.3, 0.4) is 0 Å². The van der Waals surface area contributed by atoms with E-state index in [0.717, 1.165) is 45.6 Å². The van der Waals surface area contributed by atoms with E-state index in [4.69, 9.17) is 5.73 Å². The van der Waals surface area contributed by atoms with Crippen molar-refractivity contribution in [2.24, 2.45) is 5.73 Å². The van der Waals surface area contributed by atoms with E-state index >= 15 is 0 Å². The molecule has 0 unspecified atom stereocenters. The molecule has 27 heavy (non-hydrogen) atoms. The van der Waals surface area contributed by atoms with E-state index in [1.807, 2.05) is 23.1 Å². The number of para-hydroxylation sites is 1. The summed E-state index contributed by atoms with van der Waals surface area (Å²) in [5, 5.41) is 2.98. The topological polar surface area (TPSA) is 81.9 Å². The highest BCUT2D eigenvalue weighted by Crippen LogP contribution is 2.25. The minimum atomic E-state index is -0.108. The predicted octanol–water partition coefficient (Wildman–Crippen LogP) is 0.0154. The summed E-state index contributed by atoms with van der Waals surface area (Å²) in [6, 6.07) is 10.5. The molecule has 3 saturated heterocycles. The van der Waals surface area contributed by atoms with Gasteiger partial charge >= 0.3 is 0 Å². The molecule has 7 heteroatoms. The monoisotopic (exact) mass is 371 g/mol. The van der Waals surface area contributed by atoms with Gasteiger partial charge in [0.15, 0.2) is 0 Å². The summed E-state index contributed by atoms with van der Waals surface area (Å²) < 4.78 is 0. The maximum Gasteiger partial charge on any atom is 0.237 e. The summed E-state index contributed by atoms with van der Waals surface area (Å²) in [7, 11) is 0. The van der Waals surface area contributed by atoms with Gasteiger partial charge in [-0.1, -0.05) is 18.2 Å². The largest absolute Gasteiger partial charge is 0.368 e. The van der Waals surface area contributed by atoms with Gasteiger partial charge < -0.3 is 20.9 Å². The zero-order chi connectivity index (χ0) is 18.8. The van der Waals surface area contributed by atoms with Crippen LogP contribution in [0, 0.1) is 0 Å². The molecule has 0 bridgehead atoms. The molecule has 0 aromatic heterocycles. The molecule has 3 aliphatic rings. The molecular weight excluding hydrogens is 342 g/mol. The van der Waals surface area contributed by atoms with Gasteiger partial charge in [-0.2, -0.15) is 0 Å². The van der Waals surface area contributed by atoms with Crippen LogP contribution in [0.25, 0.3) is 0 Å². The lowest BCUT2D eigenvalue weighted by atomic mass is 10.0. The highest BCUT2D eigenvalue weighted by Gasteiger charge is 2.42. The Hall–Kier alpha value is -2.12. The standard InChI is InChI=1S/C20H29N5O2/c21-15-12-18-20(27)22-13-17(25(18)14-15)6-7-19(26)24-10-8-23(9-11-24)16-4-2-1-3-5-16/h1-5,15,17-18H,6-14,21H2,(H,22,27)/t15-,17-,18+/m0/s1. The van der Waals surface area contributed by atoms with Gasteiger partial charge in [0.1, 0.15) is 0 Å². The van der Waals surface area contributed by atoms with Gasteiger partial charge in [0.05, 0.1) is 6.04 Å². The Morgan fingerprint density at radius 3 is 2.63 bits per heavy atom. The van der Waals surface area contributed by atoms with E-state index < -0.39 is 0 Å². The van der Waals surface area contributed by atoms with Gasteiger partial charge in [-0.3, -0.25) is 14.5 Å². The van der Waals surface area contributed by atoms with Gasteiger partial charge in [-0.05, 0) is 25.0 Å². The van der Waals surface area contributed by atoms with Gasteiger partial charge in [0.2, 0.25) is 11.8 Å². The van der Waals surface area contributed by atoms with E-state index in [1.165, 1.54) is 5.69 Å². The lowest BCUT2D eigenvalue weighted by Crippen LogP contribution is -2.58. The number of nitrogens with zero attached hydrogens (tertiary/aromatic N) is 3. The fourth-order valence-electron chi connectivity index (χ4n) is 4.58. The Morgan fingerprint density at radius 2 is 1.89 bits per heavy atom. The molecule has 0 aliphatic carbocycles. The Kier molecular flexibility index (Phi) is 5.31. The third-order valence-electron chi connectivity index (χ3n) is 6.10. The average Bonchev–Trinajstić information content (AvgIpc) is 3.11. The first-order valence-electron chi connectivity index (χ1n) is 9.98. The first kappa shape index (κ1) is 18.3. The number of anilines is 1. The van der Waals surface area contributed by atoms with Crippen LogP contribution in [0.15, 0.2) is 30.3 Å². The molecule has 4 rings (SSSR count). The number of benzene rings is 1. The fourth-order valence-corrected chi connectivity index (χ4v) is 4.58. The molecule has 3 aliphatic heterocycles. The van der Waals surface area contributed by atoms with Crippen LogP contribution >= 0.6 is 0 Å². The van der Waals surface area contributed by atoms with Crippen molar-refractivity contribution in [1.29, 1.82) is 0 Å². The second kappa shape index (κ2) is 7.86. The molecule has 3 atom stereocenters. The number of hydrogen-bond donors (Lipinski definition) is 2.